The summed E-state index contributed by atoms with van der Waals surface area (Å²) in [5.41, 5.74) is 6.58. The molecular weight excluding hydrogens is 231 g/mol. The number of nitrogens with one attached hydrogen (secondary N) is 1. The van der Waals surface area contributed by atoms with Crippen molar-refractivity contribution in [3.63, 3.8) is 0 Å². The Morgan fingerprint density at radius 3 is 2.67 bits per heavy atom. The molecule has 1 aromatic carbocycles. The second-order valence-electron chi connectivity index (χ2n) is 4.47. The van der Waals surface area contributed by atoms with E-state index in [0.717, 1.165) is 25.7 Å². The first-order valence-corrected chi connectivity index (χ1v) is 6.39. The van der Waals surface area contributed by atoms with Crippen LogP contribution in [0.3, 0.4) is 0 Å². The molecule has 0 aromatic heterocycles. The zero-order valence-corrected chi connectivity index (χ0v) is 10.8. The Labute approximate surface area is 108 Å². The average Bonchev–Trinajstić information content (AvgIpc) is 2.34. The molecule has 0 unspecified atom stereocenters. The first-order chi connectivity index (χ1) is 8.63. The van der Waals surface area contributed by atoms with Gasteiger partial charge in [-0.3, -0.25) is 4.79 Å². The van der Waals surface area contributed by atoms with Crippen LogP contribution in [0.4, 0.5) is 10.1 Å². The maximum Gasteiger partial charge on any atom is 0.224 e. The van der Waals surface area contributed by atoms with Crippen molar-refractivity contribution in [2.45, 2.75) is 39.0 Å². The summed E-state index contributed by atoms with van der Waals surface area (Å²) in [4.78, 5) is 11.6. The van der Waals surface area contributed by atoms with Crippen LogP contribution in [0.2, 0.25) is 0 Å². The quantitative estimate of drug-likeness (QED) is 0.733. The highest BCUT2D eigenvalue weighted by Crippen LogP contribution is 2.14. The number of rotatable bonds is 7. The van der Waals surface area contributed by atoms with Crippen molar-refractivity contribution in [2.75, 3.05) is 11.9 Å². The number of aryl methyl sites for hydroxylation is 1. The molecule has 0 fully saturated rings. The van der Waals surface area contributed by atoms with E-state index in [1.165, 1.54) is 6.07 Å². The van der Waals surface area contributed by atoms with Gasteiger partial charge in [-0.2, -0.15) is 0 Å². The minimum absolute atomic E-state index is 0.0197. The van der Waals surface area contributed by atoms with Gasteiger partial charge >= 0.3 is 0 Å². The fraction of sp³-hybridized carbons (Fsp3) is 0.500. The summed E-state index contributed by atoms with van der Waals surface area (Å²) >= 11 is 0. The van der Waals surface area contributed by atoms with Crippen LogP contribution in [-0.2, 0) is 4.79 Å². The summed E-state index contributed by atoms with van der Waals surface area (Å²) in [6.45, 7) is 2.39. The molecule has 4 heteroatoms. The molecule has 18 heavy (non-hydrogen) atoms. The van der Waals surface area contributed by atoms with Crippen LogP contribution in [0.15, 0.2) is 18.2 Å². The predicted molar refractivity (Wildman–Crippen MR) is 71.9 cm³/mol. The lowest BCUT2D eigenvalue weighted by Gasteiger charge is -2.06. The molecule has 0 atom stereocenters. The molecule has 1 rings (SSSR count). The zero-order chi connectivity index (χ0) is 13.4. The molecule has 100 valence electrons. The van der Waals surface area contributed by atoms with Crippen molar-refractivity contribution in [1.29, 1.82) is 0 Å². The Bertz CT molecular complexity index is 393. The van der Waals surface area contributed by atoms with E-state index < -0.39 is 0 Å². The van der Waals surface area contributed by atoms with E-state index in [9.17, 15) is 9.18 Å². The van der Waals surface area contributed by atoms with Crippen molar-refractivity contribution in [3.8, 4) is 0 Å². The predicted octanol–water partition coefficient (Wildman–Crippen LogP) is 2.98. The van der Waals surface area contributed by atoms with Crippen molar-refractivity contribution >= 4 is 11.6 Å². The van der Waals surface area contributed by atoms with Gasteiger partial charge in [0.05, 0.1) is 0 Å². The van der Waals surface area contributed by atoms with Gasteiger partial charge in [0.1, 0.15) is 5.82 Å². The third-order valence-corrected chi connectivity index (χ3v) is 2.80. The number of hydrogen-bond acceptors (Lipinski definition) is 2. The number of unbranched alkanes of at least 4 members (excludes halogenated alkanes) is 3. The lowest BCUT2D eigenvalue weighted by atomic mass is 10.1. The fourth-order valence-electron chi connectivity index (χ4n) is 1.73. The molecule has 0 heterocycles. The molecule has 0 aliphatic heterocycles. The van der Waals surface area contributed by atoms with Gasteiger partial charge in [-0.15, -0.1) is 0 Å². The van der Waals surface area contributed by atoms with Crippen molar-refractivity contribution in [3.05, 3.63) is 29.6 Å². The molecule has 1 amide bonds. The molecule has 3 nitrogen and oxygen atoms in total. The van der Waals surface area contributed by atoms with Crippen LogP contribution in [-0.4, -0.2) is 12.5 Å². The van der Waals surface area contributed by atoms with Crippen LogP contribution in [0.5, 0.6) is 0 Å². The fourth-order valence-corrected chi connectivity index (χ4v) is 1.73. The number of carbonyl (C=O) groups excluding carboxylic acids is 1. The summed E-state index contributed by atoms with van der Waals surface area (Å²) in [5, 5.41) is 2.77. The highest BCUT2D eigenvalue weighted by Gasteiger charge is 2.04. The number of halogens is 1. The van der Waals surface area contributed by atoms with Crippen LogP contribution >= 0.6 is 0 Å². The smallest absolute Gasteiger partial charge is 0.224 e. The molecule has 3 N–H and O–H groups in total. The van der Waals surface area contributed by atoms with E-state index in [-0.39, 0.29) is 11.7 Å². The molecule has 0 aliphatic rings. The summed E-state index contributed by atoms with van der Waals surface area (Å²) in [7, 11) is 0. The number of amides is 1. The lowest BCUT2D eigenvalue weighted by molar-refractivity contribution is -0.116. The third-order valence-electron chi connectivity index (χ3n) is 2.80. The van der Waals surface area contributed by atoms with Gasteiger partial charge in [-0.05, 0) is 50.1 Å². The van der Waals surface area contributed by atoms with Crippen molar-refractivity contribution < 1.29 is 9.18 Å². The molecule has 0 saturated heterocycles. The van der Waals surface area contributed by atoms with Gasteiger partial charge in [0.15, 0.2) is 0 Å². The first kappa shape index (κ1) is 14.6. The number of benzene rings is 1. The zero-order valence-electron chi connectivity index (χ0n) is 10.8. The van der Waals surface area contributed by atoms with E-state index in [0.29, 0.717) is 24.2 Å². The normalized spacial score (nSPS) is 10.4. The van der Waals surface area contributed by atoms with Crippen LogP contribution in [0, 0.1) is 12.7 Å². The largest absolute Gasteiger partial charge is 0.330 e. The van der Waals surface area contributed by atoms with Gasteiger partial charge in [0, 0.05) is 12.1 Å². The summed E-state index contributed by atoms with van der Waals surface area (Å²) in [6.07, 6.45) is 4.47. The van der Waals surface area contributed by atoms with Crippen LogP contribution < -0.4 is 11.1 Å². The van der Waals surface area contributed by atoms with E-state index >= 15 is 0 Å². The molecule has 1 aromatic rings. The number of anilines is 1. The Kier molecular flexibility index (Phi) is 6.36. The standard InChI is InChI=1S/C14H21FN2O/c1-11-10-12(7-8-13(11)15)17-14(18)6-4-2-3-5-9-16/h7-8,10H,2-6,9,16H2,1H3,(H,17,18). The topological polar surface area (TPSA) is 55.1 Å². The molecule has 0 spiro atoms. The van der Waals surface area contributed by atoms with Gasteiger partial charge in [0.25, 0.3) is 0 Å². The monoisotopic (exact) mass is 252 g/mol. The number of nitrogens with two attached hydrogens (primary N) is 1. The Balaban J connectivity index is 2.29. The second-order valence-corrected chi connectivity index (χ2v) is 4.47. The molecule has 0 radical (unpaired) electrons. The molecule has 0 bridgehead atoms. The maximum absolute atomic E-state index is 13.0. The van der Waals surface area contributed by atoms with E-state index in [4.69, 9.17) is 5.73 Å². The van der Waals surface area contributed by atoms with Crippen molar-refractivity contribution in [2.24, 2.45) is 5.73 Å². The molecular formula is C14H21FN2O. The summed E-state index contributed by atoms with van der Waals surface area (Å²) < 4.78 is 13.0. The first-order valence-electron chi connectivity index (χ1n) is 6.39. The maximum atomic E-state index is 13.0. The average molecular weight is 252 g/mol. The third kappa shape index (κ3) is 5.27. The molecule has 0 saturated carbocycles. The number of hydrogen-bond donors (Lipinski definition) is 2. The van der Waals surface area contributed by atoms with Crippen molar-refractivity contribution in [1.82, 2.24) is 0 Å². The van der Waals surface area contributed by atoms with Gasteiger partial charge in [0.2, 0.25) is 5.91 Å². The SMILES string of the molecule is Cc1cc(NC(=O)CCCCCCN)ccc1F. The van der Waals surface area contributed by atoms with E-state index in [1.54, 1.807) is 19.1 Å². The highest BCUT2D eigenvalue weighted by atomic mass is 19.1. The Morgan fingerprint density at radius 1 is 1.28 bits per heavy atom. The Morgan fingerprint density at radius 2 is 2.00 bits per heavy atom. The van der Waals surface area contributed by atoms with Gasteiger partial charge in [-0.25, -0.2) is 4.39 Å². The van der Waals surface area contributed by atoms with Gasteiger partial charge < -0.3 is 11.1 Å². The van der Waals surface area contributed by atoms with Crippen LogP contribution in [0.25, 0.3) is 0 Å². The highest BCUT2D eigenvalue weighted by molar-refractivity contribution is 5.90. The summed E-state index contributed by atoms with van der Waals surface area (Å²) in [6, 6.07) is 4.59. The lowest BCUT2D eigenvalue weighted by Crippen LogP contribution is -2.11. The van der Waals surface area contributed by atoms with E-state index in [2.05, 4.69) is 5.32 Å². The second kappa shape index (κ2) is 7.82. The van der Waals surface area contributed by atoms with Crippen LogP contribution in [0.1, 0.15) is 37.7 Å². The minimum Gasteiger partial charge on any atom is -0.330 e. The van der Waals surface area contributed by atoms with Gasteiger partial charge in [-0.1, -0.05) is 12.8 Å². The Hall–Kier alpha value is -1.42. The molecule has 0 aliphatic carbocycles. The minimum atomic E-state index is -0.255. The number of carbonyl (C=O) groups is 1. The summed E-state index contributed by atoms with van der Waals surface area (Å²) in [5.74, 6) is -0.274. The van der Waals surface area contributed by atoms with E-state index in [1.807, 2.05) is 0 Å².